The van der Waals surface area contributed by atoms with Gasteiger partial charge in [0.25, 0.3) is 0 Å². The summed E-state index contributed by atoms with van der Waals surface area (Å²) in [5.41, 5.74) is 1.99. The maximum Gasteiger partial charge on any atom is 0.416 e. The van der Waals surface area contributed by atoms with Gasteiger partial charge in [-0.25, -0.2) is 0 Å². The molecule has 150 valence electrons. The number of halogens is 3. The van der Waals surface area contributed by atoms with E-state index in [0.717, 1.165) is 12.1 Å². The van der Waals surface area contributed by atoms with E-state index < -0.39 is 11.7 Å². The van der Waals surface area contributed by atoms with Crippen LogP contribution in [0.4, 0.5) is 13.2 Å². The number of aromatic nitrogens is 2. The van der Waals surface area contributed by atoms with Crippen LogP contribution in [0.5, 0.6) is 0 Å². The Balaban J connectivity index is 2.05. The van der Waals surface area contributed by atoms with Crippen LogP contribution in [0.1, 0.15) is 41.9 Å². The quantitative estimate of drug-likeness (QED) is 0.610. The smallest absolute Gasteiger partial charge is 0.339 e. The summed E-state index contributed by atoms with van der Waals surface area (Å²) in [5.74, 6) is 6.32. The predicted octanol–water partition coefficient (Wildman–Crippen LogP) is 5.10. The number of nitrogen functional groups attached to an aromatic ring is 1. The highest BCUT2D eigenvalue weighted by Crippen LogP contribution is 2.45. The second-order valence-electron chi connectivity index (χ2n) is 8.17. The summed E-state index contributed by atoms with van der Waals surface area (Å²) in [6, 6.07) is 8.50. The first-order valence-electron chi connectivity index (χ1n) is 9.22. The van der Waals surface area contributed by atoms with Crippen LogP contribution in [0, 0.1) is 5.41 Å². The average molecular weight is 399 g/mol. The summed E-state index contributed by atoms with van der Waals surface area (Å²) in [6.07, 6.45) is -0.441. The molecule has 4 nitrogen and oxygen atoms in total. The number of fused-ring (bicyclic) bond motifs is 1. The molecule has 3 aromatic rings. The van der Waals surface area contributed by atoms with Crippen molar-refractivity contribution in [2.45, 2.75) is 32.9 Å². The molecule has 4 rings (SSSR count). The Morgan fingerprint density at radius 2 is 1.72 bits per heavy atom. The number of alkyl halides is 3. The van der Waals surface area contributed by atoms with Gasteiger partial charge >= 0.3 is 6.18 Å². The van der Waals surface area contributed by atoms with Crippen LogP contribution < -0.4 is 5.84 Å². The van der Waals surface area contributed by atoms with E-state index in [9.17, 15) is 18.0 Å². The summed E-state index contributed by atoms with van der Waals surface area (Å²) in [5, 5.41) is 0. The Morgan fingerprint density at radius 3 is 2.38 bits per heavy atom. The molecule has 0 saturated carbocycles. The van der Waals surface area contributed by atoms with Gasteiger partial charge in [-0.1, -0.05) is 26.0 Å². The van der Waals surface area contributed by atoms with E-state index >= 15 is 0 Å². The number of pyridine rings is 1. The predicted molar refractivity (Wildman–Crippen MR) is 105 cm³/mol. The number of benzene rings is 1. The topological polar surface area (TPSA) is 60.9 Å². The molecule has 1 aromatic carbocycles. The van der Waals surface area contributed by atoms with Crippen LogP contribution in [0.3, 0.4) is 0 Å². The number of carbonyl (C=O) groups is 1. The minimum Gasteiger partial charge on any atom is -0.339 e. The number of ketones is 1. The van der Waals surface area contributed by atoms with Crippen molar-refractivity contribution in [3.63, 3.8) is 0 Å². The van der Waals surface area contributed by atoms with Gasteiger partial charge < -0.3 is 5.84 Å². The highest BCUT2D eigenvalue weighted by atomic mass is 19.4. The van der Waals surface area contributed by atoms with Gasteiger partial charge in [0.05, 0.1) is 17.0 Å². The van der Waals surface area contributed by atoms with Gasteiger partial charge in [-0.15, -0.1) is 0 Å². The molecule has 0 unspecified atom stereocenters. The third-order valence-electron chi connectivity index (χ3n) is 5.30. The monoisotopic (exact) mass is 399 g/mol. The zero-order valence-electron chi connectivity index (χ0n) is 16.0. The SMILES string of the molecule is CC1(C)CC(=O)c2c(-c3cccc(C(F)(F)F)c3)c(-c3ccncc3)n(N)c2C1. The normalized spacial score (nSPS) is 16.0. The second-order valence-corrected chi connectivity index (χ2v) is 8.17. The molecule has 7 heteroatoms. The van der Waals surface area contributed by atoms with Crippen molar-refractivity contribution in [2.24, 2.45) is 5.41 Å². The van der Waals surface area contributed by atoms with Gasteiger partial charge in [-0.2, -0.15) is 13.2 Å². The van der Waals surface area contributed by atoms with Gasteiger partial charge in [0.15, 0.2) is 5.78 Å². The molecule has 0 fully saturated rings. The lowest BCUT2D eigenvalue weighted by Gasteiger charge is -2.29. The molecule has 2 N–H and O–H groups in total. The Hall–Kier alpha value is -3.09. The fourth-order valence-corrected chi connectivity index (χ4v) is 4.08. The summed E-state index contributed by atoms with van der Waals surface area (Å²) < 4.78 is 41.4. The fourth-order valence-electron chi connectivity index (χ4n) is 4.08. The Labute approximate surface area is 166 Å². The molecule has 29 heavy (non-hydrogen) atoms. The van der Waals surface area contributed by atoms with Crippen LogP contribution in [0.15, 0.2) is 48.8 Å². The molecule has 2 aromatic heterocycles. The standard InChI is InChI=1S/C22H20F3N3O/c1-21(2)11-16-19(17(29)12-21)18(14-4-3-5-15(10-14)22(23,24)25)20(28(16)26)13-6-8-27-9-7-13/h3-10H,11-12,26H2,1-2H3. The zero-order chi connectivity index (χ0) is 21.0. The van der Waals surface area contributed by atoms with Crippen LogP contribution in [-0.4, -0.2) is 15.4 Å². The number of hydrogen-bond acceptors (Lipinski definition) is 3. The van der Waals surface area contributed by atoms with Crippen molar-refractivity contribution in [3.8, 4) is 22.4 Å². The fraction of sp³-hybridized carbons (Fsp3) is 0.273. The molecule has 0 aliphatic heterocycles. The van der Waals surface area contributed by atoms with Crippen molar-refractivity contribution in [2.75, 3.05) is 5.84 Å². The third-order valence-corrected chi connectivity index (χ3v) is 5.30. The number of Topliss-reactive ketones (excluding diaryl/α,β-unsaturated/α-hetero) is 1. The lowest BCUT2D eigenvalue weighted by molar-refractivity contribution is -0.137. The van der Waals surface area contributed by atoms with Gasteiger partial charge in [-0.05, 0) is 41.7 Å². The first kappa shape index (κ1) is 19.2. The Morgan fingerprint density at radius 1 is 1.03 bits per heavy atom. The number of hydrogen-bond donors (Lipinski definition) is 1. The van der Waals surface area contributed by atoms with Gasteiger partial charge in [0.2, 0.25) is 0 Å². The molecule has 0 bridgehead atoms. The lowest BCUT2D eigenvalue weighted by atomic mass is 9.75. The van der Waals surface area contributed by atoms with E-state index in [1.54, 1.807) is 30.6 Å². The van der Waals surface area contributed by atoms with Crippen molar-refractivity contribution < 1.29 is 18.0 Å². The van der Waals surface area contributed by atoms with Crippen molar-refractivity contribution in [3.05, 3.63) is 65.6 Å². The lowest BCUT2D eigenvalue weighted by Crippen LogP contribution is -2.29. The van der Waals surface area contributed by atoms with Crippen molar-refractivity contribution >= 4 is 5.78 Å². The molecule has 0 atom stereocenters. The molecule has 0 spiro atoms. The van der Waals surface area contributed by atoms with Crippen molar-refractivity contribution in [1.29, 1.82) is 0 Å². The molecule has 0 amide bonds. The highest BCUT2D eigenvalue weighted by Gasteiger charge is 2.38. The number of rotatable bonds is 2. The summed E-state index contributed by atoms with van der Waals surface area (Å²) in [4.78, 5) is 17.1. The minimum atomic E-state index is -4.48. The van der Waals surface area contributed by atoms with Crippen molar-refractivity contribution in [1.82, 2.24) is 9.66 Å². The zero-order valence-corrected chi connectivity index (χ0v) is 16.0. The third kappa shape index (κ3) is 3.30. The summed E-state index contributed by atoms with van der Waals surface area (Å²) >= 11 is 0. The van der Waals surface area contributed by atoms with Gasteiger partial charge in [0.1, 0.15) is 0 Å². The largest absolute Gasteiger partial charge is 0.416 e. The van der Waals surface area contributed by atoms with Gasteiger partial charge in [0, 0.05) is 35.5 Å². The number of nitrogens with two attached hydrogens (primary N) is 1. The first-order valence-corrected chi connectivity index (χ1v) is 9.22. The van der Waals surface area contributed by atoms with E-state index in [2.05, 4.69) is 4.98 Å². The second kappa shape index (κ2) is 6.47. The van der Waals surface area contributed by atoms with Crippen LogP contribution >= 0.6 is 0 Å². The van der Waals surface area contributed by atoms with E-state index in [1.807, 2.05) is 13.8 Å². The number of nitrogens with zero attached hydrogens (tertiary/aromatic N) is 2. The summed E-state index contributed by atoms with van der Waals surface area (Å²) in [7, 11) is 0. The Bertz CT molecular complexity index is 1100. The van der Waals surface area contributed by atoms with Gasteiger partial charge in [-0.3, -0.25) is 14.5 Å². The maximum atomic E-state index is 13.3. The first-order chi connectivity index (χ1) is 13.6. The van der Waals surface area contributed by atoms with E-state index in [-0.39, 0.29) is 11.2 Å². The van der Waals surface area contributed by atoms with Crippen LogP contribution in [0.25, 0.3) is 22.4 Å². The van der Waals surface area contributed by atoms with E-state index in [0.29, 0.717) is 46.5 Å². The van der Waals surface area contributed by atoms with E-state index in [4.69, 9.17) is 5.84 Å². The van der Waals surface area contributed by atoms with Crippen LogP contribution in [-0.2, 0) is 12.6 Å². The van der Waals surface area contributed by atoms with Crippen LogP contribution in [0.2, 0.25) is 0 Å². The minimum absolute atomic E-state index is 0.108. The average Bonchev–Trinajstić information content (AvgIpc) is 2.94. The Kier molecular flexibility index (Phi) is 4.29. The van der Waals surface area contributed by atoms with E-state index in [1.165, 1.54) is 10.7 Å². The summed E-state index contributed by atoms with van der Waals surface area (Å²) in [6.45, 7) is 3.97. The molecular weight excluding hydrogens is 379 g/mol. The molecular formula is C22H20F3N3O. The maximum absolute atomic E-state index is 13.3. The molecule has 0 radical (unpaired) electrons. The molecule has 0 saturated heterocycles. The number of carbonyl (C=O) groups excluding carboxylic acids is 1. The highest BCUT2D eigenvalue weighted by molar-refractivity contribution is 6.08. The molecule has 1 aliphatic rings. The molecule has 1 aliphatic carbocycles. The molecule has 2 heterocycles.